The maximum atomic E-state index is 12.6. The van der Waals surface area contributed by atoms with Crippen molar-refractivity contribution in [3.8, 4) is 0 Å². The van der Waals surface area contributed by atoms with Crippen LogP contribution in [0.3, 0.4) is 0 Å². The van der Waals surface area contributed by atoms with Gasteiger partial charge in [0.25, 0.3) is 0 Å². The minimum absolute atomic E-state index is 0.116. The number of ether oxygens (including phenoxy) is 3. The Hall–Kier alpha value is -3.41. The van der Waals surface area contributed by atoms with Crippen molar-refractivity contribution in [1.29, 1.82) is 0 Å². The fourth-order valence-corrected chi connectivity index (χ4v) is 5.69. The Bertz CT molecular complexity index is 1110. The van der Waals surface area contributed by atoms with Crippen LogP contribution in [0.5, 0.6) is 0 Å². The molecule has 312 valence electrons. The first-order valence-corrected chi connectivity index (χ1v) is 22.1. The number of carbonyl (C=O) groups excluding carboxylic acids is 3. The first-order valence-electron chi connectivity index (χ1n) is 22.1. The summed E-state index contributed by atoms with van der Waals surface area (Å²) in [5.41, 5.74) is 0. The molecule has 1 atom stereocenters. The number of unbranched alkanes of at least 4 members (excludes halogenated alkanes) is 17. The minimum atomic E-state index is -0.817. The molecule has 0 aromatic rings. The highest BCUT2D eigenvalue weighted by Crippen LogP contribution is 2.13. The summed E-state index contributed by atoms with van der Waals surface area (Å²) >= 11 is 0. The predicted molar refractivity (Wildman–Crippen MR) is 233 cm³/mol. The first-order chi connectivity index (χ1) is 27.0. The van der Waals surface area contributed by atoms with Crippen LogP contribution in [0.4, 0.5) is 0 Å². The number of esters is 3. The van der Waals surface area contributed by atoms with E-state index in [2.05, 4.69) is 93.7 Å². The van der Waals surface area contributed by atoms with Crippen LogP contribution in [0.2, 0.25) is 0 Å². The molecule has 0 aliphatic heterocycles. The quantitative estimate of drug-likeness (QED) is 0.0205. The van der Waals surface area contributed by atoms with E-state index in [9.17, 15) is 14.4 Å². The summed E-state index contributed by atoms with van der Waals surface area (Å²) in [5.74, 6) is -1.08. The van der Waals surface area contributed by atoms with Crippen LogP contribution in [-0.4, -0.2) is 37.2 Å². The van der Waals surface area contributed by atoms with E-state index in [1.807, 2.05) is 6.08 Å². The lowest BCUT2D eigenvalue weighted by Crippen LogP contribution is -2.30. The van der Waals surface area contributed by atoms with Gasteiger partial charge in [0.15, 0.2) is 6.10 Å². The molecule has 0 aromatic carbocycles. The number of hydrogen-bond acceptors (Lipinski definition) is 6. The summed E-state index contributed by atoms with van der Waals surface area (Å²) < 4.78 is 16.5. The summed E-state index contributed by atoms with van der Waals surface area (Å²) in [7, 11) is 0. The van der Waals surface area contributed by atoms with Crippen molar-refractivity contribution in [2.75, 3.05) is 13.2 Å². The van der Waals surface area contributed by atoms with Gasteiger partial charge in [-0.15, -0.1) is 0 Å². The van der Waals surface area contributed by atoms with Crippen molar-refractivity contribution in [2.24, 2.45) is 0 Å². The lowest BCUT2D eigenvalue weighted by Gasteiger charge is -2.18. The lowest BCUT2D eigenvalue weighted by molar-refractivity contribution is -0.166. The normalized spacial score (nSPS) is 12.9. The topological polar surface area (TPSA) is 78.9 Å². The number of carbonyl (C=O) groups is 3. The maximum absolute atomic E-state index is 12.6. The van der Waals surface area contributed by atoms with Gasteiger partial charge in [-0.3, -0.25) is 14.4 Å². The average Bonchev–Trinajstić information content (AvgIpc) is 3.18. The van der Waals surface area contributed by atoms with E-state index >= 15 is 0 Å². The third-order valence-corrected chi connectivity index (χ3v) is 9.01. The standard InChI is InChI=1S/C49H80O6/c1-4-7-10-13-16-19-21-22-23-24-25-26-27-28-31-33-36-39-42-48(51)54-45-46(44-53-47(50)41-38-35-32-29-18-15-12-9-6-3)55-49(52)43-40-37-34-30-20-17-14-11-8-5-2/h9,12,16,18-19,21-26,29,35,38,46H,4-8,10-11,13-15,17,20,27-28,30-34,36-37,39-45H2,1-3H3/b12-9-,19-16-,22-21-,24-23-,26-25-,29-18-,38-35-. The van der Waals surface area contributed by atoms with E-state index in [4.69, 9.17) is 14.2 Å². The molecular formula is C49H80O6. The van der Waals surface area contributed by atoms with Gasteiger partial charge in [0.2, 0.25) is 0 Å². The Morgan fingerprint density at radius 1 is 0.418 bits per heavy atom. The van der Waals surface area contributed by atoms with Gasteiger partial charge < -0.3 is 14.2 Å². The van der Waals surface area contributed by atoms with Crippen LogP contribution >= 0.6 is 0 Å². The second kappa shape index (κ2) is 43.3. The third kappa shape index (κ3) is 41.6. The van der Waals surface area contributed by atoms with Gasteiger partial charge in [-0.1, -0.05) is 196 Å². The Balaban J connectivity index is 4.45. The molecule has 0 saturated carbocycles. The van der Waals surface area contributed by atoms with Gasteiger partial charge in [-0.05, 0) is 57.8 Å². The Morgan fingerprint density at radius 3 is 1.40 bits per heavy atom. The fourth-order valence-electron chi connectivity index (χ4n) is 5.69. The monoisotopic (exact) mass is 765 g/mol. The van der Waals surface area contributed by atoms with Crippen molar-refractivity contribution in [3.63, 3.8) is 0 Å². The zero-order valence-electron chi connectivity index (χ0n) is 35.4. The van der Waals surface area contributed by atoms with Crippen molar-refractivity contribution < 1.29 is 28.6 Å². The minimum Gasteiger partial charge on any atom is -0.462 e. The maximum Gasteiger partial charge on any atom is 0.309 e. The molecule has 0 saturated heterocycles. The van der Waals surface area contributed by atoms with Crippen LogP contribution in [0.1, 0.15) is 188 Å². The van der Waals surface area contributed by atoms with Gasteiger partial charge in [0.05, 0.1) is 6.42 Å². The highest BCUT2D eigenvalue weighted by Gasteiger charge is 2.19. The summed E-state index contributed by atoms with van der Waals surface area (Å²) in [6.45, 7) is 6.32. The molecule has 55 heavy (non-hydrogen) atoms. The Morgan fingerprint density at radius 2 is 0.836 bits per heavy atom. The largest absolute Gasteiger partial charge is 0.462 e. The van der Waals surface area contributed by atoms with Crippen LogP contribution in [0.25, 0.3) is 0 Å². The smallest absolute Gasteiger partial charge is 0.309 e. The summed E-state index contributed by atoms with van der Waals surface area (Å²) in [4.78, 5) is 37.5. The average molecular weight is 765 g/mol. The Kier molecular flexibility index (Phi) is 40.6. The summed E-state index contributed by atoms with van der Waals surface area (Å²) in [6, 6.07) is 0. The number of allylic oxidation sites excluding steroid dienone is 13. The fraction of sp³-hybridized carbons (Fsp3) is 0.653. The zero-order valence-corrected chi connectivity index (χ0v) is 35.4. The van der Waals surface area contributed by atoms with Gasteiger partial charge in [0.1, 0.15) is 13.2 Å². The SMILES string of the molecule is CC/C=C\C/C=C\C/C=C\CC(=O)OCC(COC(=O)CCCCCCC\C=C/C=C\C=C/C=C\CCCCC)OC(=O)CCCCCCCCCCCC. The molecule has 0 radical (unpaired) electrons. The lowest BCUT2D eigenvalue weighted by atomic mass is 10.1. The summed E-state index contributed by atoms with van der Waals surface area (Å²) in [5, 5.41) is 0. The molecule has 0 rings (SSSR count). The molecule has 6 heteroatoms. The van der Waals surface area contributed by atoms with E-state index in [0.29, 0.717) is 12.8 Å². The highest BCUT2D eigenvalue weighted by molar-refractivity contribution is 5.72. The molecule has 0 heterocycles. The van der Waals surface area contributed by atoms with Crippen LogP contribution in [0.15, 0.2) is 85.1 Å². The molecule has 0 aromatic heterocycles. The third-order valence-electron chi connectivity index (χ3n) is 9.01. The van der Waals surface area contributed by atoms with E-state index in [1.54, 1.807) is 6.08 Å². The summed E-state index contributed by atoms with van der Waals surface area (Å²) in [6.07, 6.45) is 54.5. The van der Waals surface area contributed by atoms with Crippen molar-refractivity contribution >= 4 is 17.9 Å². The highest BCUT2D eigenvalue weighted by atomic mass is 16.6. The molecule has 0 bridgehead atoms. The van der Waals surface area contributed by atoms with Crippen LogP contribution in [-0.2, 0) is 28.6 Å². The van der Waals surface area contributed by atoms with E-state index in [-0.39, 0.29) is 31.6 Å². The number of hydrogen-bond donors (Lipinski definition) is 0. The molecule has 0 N–H and O–H groups in total. The van der Waals surface area contributed by atoms with Gasteiger partial charge in [-0.2, -0.15) is 0 Å². The molecule has 0 aliphatic rings. The molecule has 0 spiro atoms. The van der Waals surface area contributed by atoms with Gasteiger partial charge >= 0.3 is 17.9 Å². The second-order valence-electron chi connectivity index (χ2n) is 14.3. The zero-order chi connectivity index (χ0) is 40.1. The van der Waals surface area contributed by atoms with Crippen LogP contribution < -0.4 is 0 Å². The first kappa shape index (κ1) is 51.6. The van der Waals surface area contributed by atoms with E-state index < -0.39 is 12.1 Å². The molecule has 0 aliphatic carbocycles. The van der Waals surface area contributed by atoms with E-state index in [0.717, 1.165) is 83.5 Å². The molecular weight excluding hydrogens is 685 g/mol. The molecule has 6 nitrogen and oxygen atoms in total. The molecule has 0 fully saturated rings. The van der Waals surface area contributed by atoms with Crippen molar-refractivity contribution in [3.05, 3.63) is 85.1 Å². The molecule has 1 unspecified atom stereocenters. The van der Waals surface area contributed by atoms with Gasteiger partial charge in [0, 0.05) is 12.8 Å². The second-order valence-corrected chi connectivity index (χ2v) is 14.3. The molecule has 0 amide bonds. The van der Waals surface area contributed by atoms with Crippen molar-refractivity contribution in [2.45, 2.75) is 194 Å². The number of rotatable bonds is 38. The predicted octanol–water partition coefficient (Wildman–Crippen LogP) is 14.1. The van der Waals surface area contributed by atoms with Gasteiger partial charge in [-0.25, -0.2) is 0 Å². The van der Waals surface area contributed by atoms with E-state index in [1.165, 1.54) is 64.2 Å². The van der Waals surface area contributed by atoms with Crippen molar-refractivity contribution in [1.82, 2.24) is 0 Å². The Labute approximate surface area is 337 Å². The van der Waals surface area contributed by atoms with Crippen LogP contribution in [0, 0.1) is 0 Å².